The summed E-state index contributed by atoms with van der Waals surface area (Å²) in [5, 5.41) is 8.92. The number of rotatable bonds is 1. The van der Waals surface area contributed by atoms with Crippen LogP contribution in [0.25, 0.3) is 5.65 Å². The van der Waals surface area contributed by atoms with Crippen LogP contribution in [0.1, 0.15) is 15.9 Å². The quantitative estimate of drug-likeness (QED) is 0.819. The Morgan fingerprint density at radius 3 is 3.00 bits per heavy atom. The molecule has 0 aromatic carbocycles. The second kappa shape index (κ2) is 3.23. The number of imidazole rings is 1. The van der Waals surface area contributed by atoms with Crippen molar-refractivity contribution in [1.82, 2.24) is 9.38 Å². The zero-order valence-electron chi connectivity index (χ0n) is 7.36. The fourth-order valence-corrected chi connectivity index (χ4v) is 1.84. The number of hydrogen-bond donors (Lipinski definition) is 1. The van der Waals surface area contributed by atoms with Crippen LogP contribution in [0.5, 0.6) is 0 Å². The predicted octanol–water partition coefficient (Wildman–Crippen LogP) is 1.95. The van der Waals surface area contributed by atoms with Gasteiger partial charge in [-0.15, -0.1) is 0 Å². The van der Waals surface area contributed by atoms with Gasteiger partial charge in [0, 0.05) is 6.20 Å². The normalized spacial score (nSPS) is 10.7. The van der Waals surface area contributed by atoms with Crippen LogP contribution in [0.2, 0.25) is 0 Å². The number of fused-ring (bicyclic) bond motifs is 1. The maximum absolute atomic E-state index is 10.9. The number of carboxylic acid groups (broad SMARTS) is 1. The van der Waals surface area contributed by atoms with Crippen molar-refractivity contribution in [2.75, 3.05) is 0 Å². The van der Waals surface area contributed by atoms with E-state index in [4.69, 9.17) is 5.11 Å². The van der Waals surface area contributed by atoms with Gasteiger partial charge in [-0.25, -0.2) is 9.78 Å². The Morgan fingerprint density at radius 2 is 2.36 bits per heavy atom. The Kier molecular flexibility index (Phi) is 2.18. The number of aromatic carboxylic acids is 1. The first-order chi connectivity index (χ1) is 6.59. The van der Waals surface area contributed by atoms with E-state index in [2.05, 4.69) is 27.6 Å². The van der Waals surface area contributed by atoms with E-state index in [0.717, 1.165) is 14.9 Å². The van der Waals surface area contributed by atoms with E-state index in [1.165, 1.54) is 0 Å². The number of hydrogen-bond acceptors (Lipinski definition) is 2. The van der Waals surface area contributed by atoms with Crippen LogP contribution in [0.4, 0.5) is 0 Å². The molecule has 2 aromatic heterocycles. The molecule has 0 amide bonds. The van der Waals surface area contributed by atoms with Gasteiger partial charge in [0.05, 0.1) is 11.8 Å². The summed E-state index contributed by atoms with van der Waals surface area (Å²) < 4.78 is 2.66. The van der Waals surface area contributed by atoms with Crippen molar-refractivity contribution in [1.29, 1.82) is 0 Å². The lowest BCUT2D eigenvalue weighted by Gasteiger charge is -2.02. The molecule has 0 aliphatic heterocycles. The summed E-state index contributed by atoms with van der Waals surface area (Å²) in [7, 11) is 0. The van der Waals surface area contributed by atoms with Crippen molar-refractivity contribution in [3.05, 3.63) is 33.3 Å². The summed E-state index contributed by atoms with van der Waals surface area (Å²) in [5.41, 5.74) is 1.82. The van der Waals surface area contributed by atoms with E-state index >= 15 is 0 Å². The first kappa shape index (κ1) is 9.45. The van der Waals surface area contributed by atoms with Gasteiger partial charge >= 0.3 is 5.97 Å². The molecule has 0 fully saturated rings. The molecule has 0 aliphatic carbocycles. The van der Waals surface area contributed by atoms with Gasteiger partial charge in [-0.05, 0) is 41.1 Å². The van der Waals surface area contributed by atoms with Gasteiger partial charge in [-0.1, -0.05) is 0 Å². The molecule has 0 radical (unpaired) electrons. The standard InChI is InChI=1S/C9H7IN2O2/c1-5-2-8-11-3-7(10)12(8)4-6(5)9(13)14/h2-4H,1H3,(H,13,14). The van der Waals surface area contributed by atoms with E-state index in [1.807, 2.05) is 0 Å². The molecule has 0 atom stereocenters. The molecule has 0 saturated heterocycles. The predicted molar refractivity (Wildman–Crippen MR) is 59.6 cm³/mol. The summed E-state index contributed by atoms with van der Waals surface area (Å²) in [6.45, 7) is 1.77. The summed E-state index contributed by atoms with van der Waals surface area (Å²) in [5.74, 6) is -0.908. The second-order valence-electron chi connectivity index (χ2n) is 2.98. The van der Waals surface area contributed by atoms with Crippen molar-refractivity contribution in [2.45, 2.75) is 6.92 Å². The smallest absolute Gasteiger partial charge is 0.337 e. The highest BCUT2D eigenvalue weighted by Gasteiger charge is 2.10. The van der Waals surface area contributed by atoms with E-state index in [0.29, 0.717) is 5.56 Å². The van der Waals surface area contributed by atoms with Crippen molar-refractivity contribution in [3.8, 4) is 0 Å². The molecule has 2 rings (SSSR count). The molecule has 0 spiro atoms. The minimum atomic E-state index is -0.908. The zero-order chi connectivity index (χ0) is 10.3. The Hall–Kier alpha value is -1.11. The first-order valence-corrected chi connectivity index (χ1v) is 5.04. The third kappa shape index (κ3) is 1.37. The van der Waals surface area contributed by atoms with Gasteiger partial charge in [0.25, 0.3) is 0 Å². The topological polar surface area (TPSA) is 54.6 Å². The van der Waals surface area contributed by atoms with Crippen molar-refractivity contribution in [3.63, 3.8) is 0 Å². The van der Waals surface area contributed by atoms with Crippen LogP contribution in [0, 0.1) is 10.6 Å². The third-order valence-corrected chi connectivity index (χ3v) is 2.84. The van der Waals surface area contributed by atoms with Crippen LogP contribution in [-0.4, -0.2) is 20.5 Å². The molecular weight excluding hydrogens is 295 g/mol. The van der Waals surface area contributed by atoms with Gasteiger partial charge in [0.1, 0.15) is 9.35 Å². The molecule has 4 nitrogen and oxygen atoms in total. The molecule has 14 heavy (non-hydrogen) atoms. The molecule has 1 N–H and O–H groups in total. The van der Waals surface area contributed by atoms with Crippen molar-refractivity contribution < 1.29 is 9.90 Å². The SMILES string of the molecule is Cc1cc2ncc(I)n2cc1C(=O)O. The fraction of sp³-hybridized carbons (Fsp3) is 0.111. The molecule has 72 valence electrons. The summed E-state index contributed by atoms with van der Waals surface area (Å²) >= 11 is 2.11. The van der Waals surface area contributed by atoms with Crippen LogP contribution in [0.15, 0.2) is 18.5 Å². The van der Waals surface area contributed by atoms with Gasteiger partial charge in [-0.3, -0.25) is 4.40 Å². The van der Waals surface area contributed by atoms with E-state index in [-0.39, 0.29) is 0 Å². The third-order valence-electron chi connectivity index (χ3n) is 2.04. The lowest BCUT2D eigenvalue weighted by Crippen LogP contribution is -2.02. The average Bonchev–Trinajstić information content (AvgIpc) is 2.46. The molecule has 5 heteroatoms. The van der Waals surface area contributed by atoms with Crippen molar-refractivity contribution >= 4 is 34.2 Å². The number of halogens is 1. The Labute approximate surface area is 93.7 Å². The second-order valence-corrected chi connectivity index (χ2v) is 4.09. The number of aryl methyl sites for hydroxylation is 1. The summed E-state index contributed by atoms with van der Waals surface area (Å²) in [6.07, 6.45) is 3.31. The highest BCUT2D eigenvalue weighted by atomic mass is 127. The highest BCUT2D eigenvalue weighted by Crippen LogP contribution is 2.14. The molecule has 2 aromatic rings. The van der Waals surface area contributed by atoms with Crippen LogP contribution in [-0.2, 0) is 0 Å². The minimum Gasteiger partial charge on any atom is -0.478 e. The van der Waals surface area contributed by atoms with Gasteiger partial charge < -0.3 is 5.11 Å². The van der Waals surface area contributed by atoms with E-state index in [9.17, 15) is 4.79 Å². The lowest BCUT2D eigenvalue weighted by atomic mass is 10.1. The maximum Gasteiger partial charge on any atom is 0.337 e. The lowest BCUT2D eigenvalue weighted by molar-refractivity contribution is 0.0695. The molecule has 0 unspecified atom stereocenters. The number of pyridine rings is 1. The minimum absolute atomic E-state index is 0.313. The fourth-order valence-electron chi connectivity index (χ4n) is 1.31. The number of aromatic nitrogens is 2. The zero-order valence-corrected chi connectivity index (χ0v) is 9.52. The van der Waals surface area contributed by atoms with Gasteiger partial charge in [0.15, 0.2) is 0 Å². The van der Waals surface area contributed by atoms with E-state index < -0.39 is 5.97 Å². The molecule has 2 heterocycles. The number of nitrogens with zero attached hydrogens (tertiary/aromatic N) is 2. The van der Waals surface area contributed by atoms with Crippen LogP contribution >= 0.6 is 22.6 Å². The molecule has 0 bridgehead atoms. The Morgan fingerprint density at radius 1 is 1.64 bits per heavy atom. The monoisotopic (exact) mass is 302 g/mol. The highest BCUT2D eigenvalue weighted by molar-refractivity contribution is 14.1. The largest absolute Gasteiger partial charge is 0.478 e. The number of carboxylic acids is 1. The van der Waals surface area contributed by atoms with Crippen LogP contribution < -0.4 is 0 Å². The summed E-state index contributed by atoms with van der Waals surface area (Å²) in [4.78, 5) is 15.0. The van der Waals surface area contributed by atoms with Crippen LogP contribution in [0.3, 0.4) is 0 Å². The molecular formula is C9H7IN2O2. The van der Waals surface area contributed by atoms with Crippen molar-refractivity contribution in [2.24, 2.45) is 0 Å². The summed E-state index contributed by atoms with van der Waals surface area (Å²) in [6, 6.07) is 1.77. The number of carbonyl (C=O) groups is 1. The molecule has 0 saturated carbocycles. The molecule has 0 aliphatic rings. The average molecular weight is 302 g/mol. The maximum atomic E-state index is 10.9. The van der Waals surface area contributed by atoms with Gasteiger partial charge in [-0.2, -0.15) is 0 Å². The van der Waals surface area contributed by atoms with Gasteiger partial charge in [0.2, 0.25) is 0 Å². The van der Waals surface area contributed by atoms with E-state index in [1.54, 1.807) is 29.8 Å². The Bertz CT molecular complexity index is 519. The first-order valence-electron chi connectivity index (χ1n) is 3.96. The Balaban J connectivity index is 2.80.